The third kappa shape index (κ3) is 4.37. The van der Waals surface area contributed by atoms with Gasteiger partial charge in [0.25, 0.3) is 0 Å². The Morgan fingerprint density at radius 2 is 2.00 bits per heavy atom. The minimum absolute atomic E-state index is 0.0261. The van der Waals surface area contributed by atoms with Crippen molar-refractivity contribution in [1.29, 1.82) is 0 Å². The first-order valence-electron chi connectivity index (χ1n) is 7.29. The smallest absolute Gasteiger partial charge is 0.129 e. The predicted molar refractivity (Wildman–Crippen MR) is 85.8 cm³/mol. The van der Waals surface area contributed by atoms with E-state index in [0.717, 1.165) is 19.6 Å². The lowest BCUT2D eigenvalue weighted by molar-refractivity contribution is 0.0848. The zero-order valence-corrected chi connectivity index (χ0v) is 13.3. The minimum atomic E-state index is -0.774. The molecule has 1 aromatic carbocycles. The molecule has 114 valence electrons. The van der Waals surface area contributed by atoms with E-state index in [1.165, 1.54) is 10.9 Å². The first-order valence-corrected chi connectivity index (χ1v) is 8.17. The molecule has 2 atom stereocenters. The zero-order chi connectivity index (χ0) is 15.2. The second-order valence-corrected chi connectivity index (χ2v) is 6.38. The molecule has 0 spiro atoms. The zero-order valence-electron chi connectivity index (χ0n) is 12.5. The summed E-state index contributed by atoms with van der Waals surface area (Å²) in [4.78, 5) is 3.59. The van der Waals surface area contributed by atoms with E-state index in [1.807, 2.05) is 13.0 Å². The molecule has 0 amide bonds. The van der Waals surface area contributed by atoms with Crippen LogP contribution in [-0.4, -0.2) is 23.1 Å². The van der Waals surface area contributed by atoms with E-state index in [9.17, 15) is 9.50 Å². The van der Waals surface area contributed by atoms with Crippen molar-refractivity contribution in [3.05, 3.63) is 58.0 Å². The number of hydrogen-bond donors (Lipinski definition) is 1. The molecule has 2 nitrogen and oxygen atoms in total. The van der Waals surface area contributed by atoms with Crippen molar-refractivity contribution in [3.63, 3.8) is 0 Å². The highest BCUT2D eigenvalue weighted by atomic mass is 32.1. The van der Waals surface area contributed by atoms with Crippen LogP contribution in [0, 0.1) is 11.7 Å². The lowest BCUT2D eigenvalue weighted by atomic mass is 9.96. The Kier molecular flexibility index (Phi) is 5.91. The van der Waals surface area contributed by atoms with Crippen LogP contribution in [0.3, 0.4) is 0 Å². The Morgan fingerprint density at radius 3 is 2.62 bits per heavy atom. The first kappa shape index (κ1) is 16.1. The van der Waals surface area contributed by atoms with Gasteiger partial charge in [-0.3, -0.25) is 4.90 Å². The fraction of sp³-hybridized carbons (Fsp3) is 0.412. The lowest BCUT2D eigenvalue weighted by Gasteiger charge is -2.27. The summed E-state index contributed by atoms with van der Waals surface area (Å²) in [6, 6.07) is 10.6. The summed E-state index contributed by atoms with van der Waals surface area (Å²) >= 11 is 1.74. The molecule has 2 unspecified atom stereocenters. The maximum absolute atomic E-state index is 13.8. The second kappa shape index (κ2) is 7.69. The third-order valence-electron chi connectivity index (χ3n) is 3.72. The van der Waals surface area contributed by atoms with Gasteiger partial charge in [-0.1, -0.05) is 38.1 Å². The molecular formula is C17H22FNOS. The summed E-state index contributed by atoms with van der Waals surface area (Å²) in [6.45, 7) is 6.60. The molecule has 0 aliphatic rings. The summed E-state index contributed by atoms with van der Waals surface area (Å²) in [6.07, 6.45) is -0.774. The molecule has 0 aliphatic carbocycles. The lowest BCUT2D eigenvalue weighted by Crippen LogP contribution is -2.30. The molecule has 4 heteroatoms. The van der Waals surface area contributed by atoms with Crippen LogP contribution < -0.4 is 0 Å². The maximum Gasteiger partial charge on any atom is 0.129 e. The van der Waals surface area contributed by atoms with E-state index in [4.69, 9.17) is 0 Å². The highest BCUT2D eigenvalue weighted by molar-refractivity contribution is 7.09. The van der Waals surface area contributed by atoms with Crippen LogP contribution in [0.4, 0.5) is 4.39 Å². The molecule has 1 N–H and O–H groups in total. The Labute approximate surface area is 129 Å². The highest BCUT2D eigenvalue weighted by Crippen LogP contribution is 2.25. The van der Waals surface area contributed by atoms with Gasteiger partial charge in [-0.25, -0.2) is 4.39 Å². The summed E-state index contributed by atoms with van der Waals surface area (Å²) in [7, 11) is 0. The molecule has 0 bridgehead atoms. The van der Waals surface area contributed by atoms with Crippen LogP contribution in [-0.2, 0) is 6.54 Å². The van der Waals surface area contributed by atoms with Crippen molar-refractivity contribution in [2.75, 3.05) is 13.1 Å². The number of hydrogen-bond acceptors (Lipinski definition) is 3. The van der Waals surface area contributed by atoms with Crippen molar-refractivity contribution in [2.24, 2.45) is 5.92 Å². The second-order valence-electron chi connectivity index (χ2n) is 5.35. The number of aliphatic hydroxyl groups excluding tert-OH is 1. The number of aliphatic hydroxyl groups is 1. The largest absolute Gasteiger partial charge is 0.388 e. The van der Waals surface area contributed by atoms with E-state index >= 15 is 0 Å². The topological polar surface area (TPSA) is 23.5 Å². The van der Waals surface area contributed by atoms with Crippen LogP contribution in [0.1, 0.15) is 30.4 Å². The first-order chi connectivity index (χ1) is 10.1. The van der Waals surface area contributed by atoms with Gasteiger partial charge in [0, 0.05) is 23.5 Å². The molecule has 2 aromatic rings. The van der Waals surface area contributed by atoms with E-state index in [-0.39, 0.29) is 11.7 Å². The van der Waals surface area contributed by atoms with Gasteiger partial charge in [0.05, 0.1) is 6.10 Å². The van der Waals surface area contributed by atoms with Crippen molar-refractivity contribution >= 4 is 11.3 Å². The van der Waals surface area contributed by atoms with Gasteiger partial charge in [0.2, 0.25) is 0 Å². The quantitative estimate of drug-likeness (QED) is 0.833. The van der Waals surface area contributed by atoms with Crippen LogP contribution in [0.5, 0.6) is 0 Å². The molecule has 0 radical (unpaired) electrons. The molecule has 0 fully saturated rings. The van der Waals surface area contributed by atoms with Gasteiger partial charge >= 0.3 is 0 Å². The van der Waals surface area contributed by atoms with E-state index in [0.29, 0.717) is 5.56 Å². The fourth-order valence-electron chi connectivity index (χ4n) is 2.46. The van der Waals surface area contributed by atoms with Gasteiger partial charge in [0.15, 0.2) is 0 Å². The molecule has 0 saturated carbocycles. The third-order valence-corrected chi connectivity index (χ3v) is 4.58. The van der Waals surface area contributed by atoms with Crippen LogP contribution in [0.15, 0.2) is 41.8 Å². The van der Waals surface area contributed by atoms with E-state index in [2.05, 4.69) is 23.3 Å². The van der Waals surface area contributed by atoms with Crippen LogP contribution >= 0.6 is 11.3 Å². The predicted octanol–water partition coefficient (Wildman–Crippen LogP) is 4.08. The van der Waals surface area contributed by atoms with Crippen LogP contribution in [0.25, 0.3) is 0 Å². The maximum atomic E-state index is 13.8. The Morgan fingerprint density at radius 1 is 1.24 bits per heavy atom. The Balaban J connectivity index is 1.98. The Hall–Kier alpha value is -1.23. The SMILES string of the molecule is CCN(Cc1cccs1)CC(C)C(O)c1ccccc1F. The number of rotatable bonds is 7. The summed E-state index contributed by atoms with van der Waals surface area (Å²) < 4.78 is 13.8. The number of thiophene rings is 1. The molecule has 0 saturated heterocycles. The molecular weight excluding hydrogens is 285 g/mol. The van der Waals surface area contributed by atoms with Crippen molar-refractivity contribution in [2.45, 2.75) is 26.5 Å². The number of nitrogens with zero attached hydrogens (tertiary/aromatic N) is 1. The Bertz CT molecular complexity index is 543. The molecule has 2 rings (SSSR count). The monoisotopic (exact) mass is 307 g/mol. The molecule has 1 heterocycles. The summed E-state index contributed by atoms with van der Waals surface area (Å²) in [5.74, 6) is -0.361. The highest BCUT2D eigenvalue weighted by Gasteiger charge is 2.21. The van der Waals surface area contributed by atoms with E-state index < -0.39 is 6.10 Å². The molecule has 21 heavy (non-hydrogen) atoms. The average Bonchev–Trinajstić information content (AvgIpc) is 2.99. The van der Waals surface area contributed by atoms with Crippen molar-refractivity contribution in [3.8, 4) is 0 Å². The van der Waals surface area contributed by atoms with Crippen LogP contribution in [0.2, 0.25) is 0 Å². The van der Waals surface area contributed by atoms with E-state index in [1.54, 1.807) is 29.5 Å². The number of benzene rings is 1. The normalized spacial score (nSPS) is 14.3. The molecule has 1 aromatic heterocycles. The summed E-state index contributed by atoms with van der Waals surface area (Å²) in [5.41, 5.74) is 0.386. The van der Waals surface area contributed by atoms with Gasteiger partial charge in [-0.2, -0.15) is 0 Å². The number of halogens is 1. The fourth-order valence-corrected chi connectivity index (χ4v) is 3.20. The van der Waals surface area contributed by atoms with Gasteiger partial charge < -0.3 is 5.11 Å². The van der Waals surface area contributed by atoms with Gasteiger partial charge in [0.1, 0.15) is 5.82 Å². The summed E-state index contributed by atoms with van der Waals surface area (Å²) in [5, 5.41) is 12.4. The molecule has 0 aliphatic heterocycles. The minimum Gasteiger partial charge on any atom is -0.388 e. The van der Waals surface area contributed by atoms with Crippen molar-refractivity contribution in [1.82, 2.24) is 4.90 Å². The average molecular weight is 307 g/mol. The van der Waals surface area contributed by atoms with Gasteiger partial charge in [-0.05, 0) is 30.0 Å². The van der Waals surface area contributed by atoms with Crippen molar-refractivity contribution < 1.29 is 9.50 Å². The van der Waals surface area contributed by atoms with Gasteiger partial charge in [-0.15, -0.1) is 11.3 Å². The standard InChI is InChI=1S/C17H22FNOS/c1-3-19(12-14-7-6-10-21-14)11-13(2)17(20)15-8-4-5-9-16(15)18/h4-10,13,17,20H,3,11-12H2,1-2H3.